The lowest BCUT2D eigenvalue weighted by molar-refractivity contribution is 0.0521. The number of ether oxygens (including phenoxy) is 1. The lowest BCUT2D eigenvalue weighted by Crippen LogP contribution is -2.21. The van der Waals surface area contributed by atoms with Crippen LogP contribution < -0.4 is 5.56 Å². The van der Waals surface area contributed by atoms with Gasteiger partial charge in [0.05, 0.1) is 29.6 Å². The molecule has 0 unspecified atom stereocenters. The monoisotopic (exact) mass is 422 g/mol. The number of fused-ring (bicyclic) bond motifs is 3. The van der Waals surface area contributed by atoms with Crippen LogP contribution in [0.1, 0.15) is 23.0 Å². The number of para-hydroxylation sites is 1. The molecular formula is C27H22N2O3. The Kier molecular flexibility index (Phi) is 5.07. The van der Waals surface area contributed by atoms with E-state index in [0.717, 1.165) is 22.0 Å². The number of esters is 1. The van der Waals surface area contributed by atoms with Gasteiger partial charge in [-0.2, -0.15) is 0 Å². The fraction of sp³-hybridized carbons (Fsp3) is 0.111. The highest BCUT2D eigenvalue weighted by Gasteiger charge is 2.25. The Morgan fingerprint density at radius 3 is 2.28 bits per heavy atom. The third-order valence-electron chi connectivity index (χ3n) is 5.65. The number of pyridine rings is 1. The van der Waals surface area contributed by atoms with Gasteiger partial charge >= 0.3 is 5.97 Å². The minimum atomic E-state index is -0.472. The molecule has 32 heavy (non-hydrogen) atoms. The van der Waals surface area contributed by atoms with Crippen molar-refractivity contribution in [1.82, 2.24) is 9.55 Å². The molecule has 0 aliphatic heterocycles. The van der Waals surface area contributed by atoms with Gasteiger partial charge in [-0.3, -0.25) is 4.79 Å². The van der Waals surface area contributed by atoms with Crippen molar-refractivity contribution < 1.29 is 9.53 Å². The van der Waals surface area contributed by atoms with Crippen LogP contribution in [-0.4, -0.2) is 22.1 Å². The van der Waals surface area contributed by atoms with Gasteiger partial charge in [-0.05, 0) is 24.1 Å². The van der Waals surface area contributed by atoms with E-state index in [1.165, 1.54) is 0 Å². The molecule has 5 heteroatoms. The highest BCUT2D eigenvalue weighted by atomic mass is 16.5. The molecule has 0 aliphatic rings. The molecule has 0 atom stereocenters. The average molecular weight is 422 g/mol. The van der Waals surface area contributed by atoms with Crippen LogP contribution in [0.15, 0.2) is 89.7 Å². The molecule has 0 saturated heterocycles. The zero-order valence-corrected chi connectivity index (χ0v) is 17.7. The fourth-order valence-corrected chi connectivity index (χ4v) is 4.25. The molecule has 158 valence electrons. The molecular weight excluding hydrogens is 400 g/mol. The summed E-state index contributed by atoms with van der Waals surface area (Å²) in [5.74, 6) is -0.472. The molecule has 2 aromatic heterocycles. The second-order valence-electron chi connectivity index (χ2n) is 7.61. The van der Waals surface area contributed by atoms with Crippen LogP contribution in [0.3, 0.4) is 0 Å². The van der Waals surface area contributed by atoms with E-state index in [0.29, 0.717) is 28.7 Å². The first-order chi connectivity index (χ1) is 15.7. The summed E-state index contributed by atoms with van der Waals surface area (Å²) in [7, 11) is 0. The molecule has 0 radical (unpaired) electrons. The number of benzene rings is 3. The Hall–Kier alpha value is -4.12. The Morgan fingerprint density at radius 1 is 0.906 bits per heavy atom. The zero-order chi connectivity index (χ0) is 22.1. The van der Waals surface area contributed by atoms with Crippen molar-refractivity contribution in [1.29, 1.82) is 0 Å². The van der Waals surface area contributed by atoms with E-state index in [4.69, 9.17) is 4.74 Å². The Labute approximate surface area is 184 Å². The largest absolute Gasteiger partial charge is 0.461 e. The first-order valence-corrected chi connectivity index (χ1v) is 10.6. The molecule has 0 amide bonds. The minimum Gasteiger partial charge on any atom is -0.461 e. The number of aromatic amines is 1. The van der Waals surface area contributed by atoms with Crippen LogP contribution in [0.4, 0.5) is 0 Å². The van der Waals surface area contributed by atoms with Gasteiger partial charge in [0.25, 0.3) is 5.56 Å². The average Bonchev–Trinajstić information content (AvgIpc) is 3.24. The quantitative estimate of drug-likeness (QED) is 0.387. The van der Waals surface area contributed by atoms with Crippen molar-refractivity contribution in [2.45, 2.75) is 13.5 Å². The predicted octanol–water partition coefficient (Wildman–Crippen LogP) is 5.37. The van der Waals surface area contributed by atoms with Gasteiger partial charge in [-0.25, -0.2) is 4.79 Å². The summed E-state index contributed by atoms with van der Waals surface area (Å²) in [6.07, 6.45) is 0. The summed E-state index contributed by atoms with van der Waals surface area (Å²) in [5.41, 5.74) is 4.02. The number of carbonyl (C=O) groups excluding carboxylic acids is 1. The van der Waals surface area contributed by atoms with Gasteiger partial charge < -0.3 is 14.3 Å². The van der Waals surface area contributed by atoms with Gasteiger partial charge in [-0.1, -0.05) is 78.9 Å². The molecule has 0 fully saturated rings. The molecule has 0 spiro atoms. The fourth-order valence-electron chi connectivity index (χ4n) is 4.25. The zero-order valence-electron chi connectivity index (χ0n) is 17.7. The maximum absolute atomic E-state index is 13.9. The van der Waals surface area contributed by atoms with Gasteiger partial charge in [0.2, 0.25) is 0 Å². The molecule has 5 aromatic rings. The van der Waals surface area contributed by atoms with Gasteiger partial charge in [0, 0.05) is 10.9 Å². The summed E-state index contributed by atoms with van der Waals surface area (Å²) >= 11 is 0. The number of hydrogen-bond donors (Lipinski definition) is 1. The standard InChI is InChI=1S/C27H22N2O3/c1-2-32-27(31)25-22(19-13-7-4-8-14-19)23-24(28-25)20-15-9-10-16-21(20)29(26(23)30)17-18-11-5-3-6-12-18/h3-16,28H,2,17H2,1H3. The van der Waals surface area contributed by atoms with Crippen molar-refractivity contribution in [3.63, 3.8) is 0 Å². The second-order valence-corrected chi connectivity index (χ2v) is 7.61. The normalized spacial score (nSPS) is 11.2. The Bertz CT molecular complexity index is 1480. The van der Waals surface area contributed by atoms with Crippen LogP contribution in [0.5, 0.6) is 0 Å². The van der Waals surface area contributed by atoms with E-state index in [1.54, 1.807) is 11.5 Å². The maximum Gasteiger partial charge on any atom is 0.355 e. The van der Waals surface area contributed by atoms with E-state index >= 15 is 0 Å². The van der Waals surface area contributed by atoms with E-state index in [1.807, 2.05) is 84.9 Å². The highest BCUT2D eigenvalue weighted by molar-refractivity contribution is 6.14. The molecule has 0 bridgehead atoms. The van der Waals surface area contributed by atoms with Crippen molar-refractivity contribution >= 4 is 27.8 Å². The number of rotatable bonds is 5. The molecule has 0 saturated carbocycles. The highest BCUT2D eigenvalue weighted by Crippen LogP contribution is 2.34. The van der Waals surface area contributed by atoms with E-state index in [-0.39, 0.29) is 12.2 Å². The molecule has 3 aromatic carbocycles. The Morgan fingerprint density at radius 2 is 1.56 bits per heavy atom. The predicted molar refractivity (Wildman–Crippen MR) is 127 cm³/mol. The summed E-state index contributed by atoms with van der Waals surface area (Å²) < 4.78 is 7.10. The lowest BCUT2D eigenvalue weighted by Gasteiger charge is -2.12. The molecule has 1 N–H and O–H groups in total. The van der Waals surface area contributed by atoms with Crippen molar-refractivity contribution in [3.05, 3.63) is 107 Å². The van der Waals surface area contributed by atoms with Crippen LogP contribution in [0.25, 0.3) is 32.9 Å². The van der Waals surface area contributed by atoms with Crippen molar-refractivity contribution in [3.8, 4) is 11.1 Å². The SMILES string of the molecule is CCOC(=O)c1[nH]c2c(c1-c1ccccc1)c(=O)n(Cc1ccccc1)c1ccccc21. The van der Waals surface area contributed by atoms with Gasteiger partial charge in [0.1, 0.15) is 5.69 Å². The summed E-state index contributed by atoms with van der Waals surface area (Å²) in [5, 5.41) is 1.37. The topological polar surface area (TPSA) is 64.1 Å². The second kappa shape index (κ2) is 8.19. The maximum atomic E-state index is 13.9. The van der Waals surface area contributed by atoms with Gasteiger partial charge in [-0.15, -0.1) is 0 Å². The number of H-pyrrole nitrogens is 1. The smallest absolute Gasteiger partial charge is 0.355 e. The summed E-state index contributed by atoms with van der Waals surface area (Å²) in [6, 6.07) is 27.2. The van der Waals surface area contributed by atoms with Gasteiger partial charge in [0.15, 0.2) is 0 Å². The number of nitrogens with zero attached hydrogens (tertiary/aromatic N) is 1. The third kappa shape index (κ3) is 3.28. The van der Waals surface area contributed by atoms with Crippen molar-refractivity contribution in [2.75, 3.05) is 6.61 Å². The van der Waals surface area contributed by atoms with Crippen LogP contribution in [0.2, 0.25) is 0 Å². The molecule has 2 heterocycles. The summed E-state index contributed by atoms with van der Waals surface area (Å²) in [4.78, 5) is 30.0. The molecule has 5 rings (SSSR count). The number of carbonyl (C=O) groups is 1. The first kappa shape index (κ1) is 19.8. The van der Waals surface area contributed by atoms with Crippen LogP contribution in [-0.2, 0) is 11.3 Å². The first-order valence-electron chi connectivity index (χ1n) is 10.6. The van der Waals surface area contributed by atoms with E-state index < -0.39 is 5.97 Å². The number of hydrogen-bond acceptors (Lipinski definition) is 3. The minimum absolute atomic E-state index is 0.145. The van der Waals surface area contributed by atoms with Crippen LogP contribution in [0, 0.1) is 0 Å². The van der Waals surface area contributed by atoms with E-state index in [2.05, 4.69) is 4.98 Å². The molecule has 5 nitrogen and oxygen atoms in total. The van der Waals surface area contributed by atoms with Crippen molar-refractivity contribution in [2.24, 2.45) is 0 Å². The Balaban J connectivity index is 1.89. The third-order valence-corrected chi connectivity index (χ3v) is 5.65. The van der Waals surface area contributed by atoms with E-state index in [9.17, 15) is 9.59 Å². The summed E-state index contributed by atoms with van der Waals surface area (Å²) in [6.45, 7) is 2.46. The number of nitrogens with one attached hydrogen (secondary N) is 1. The lowest BCUT2D eigenvalue weighted by atomic mass is 10.0. The number of aromatic nitrogens is 2. The van der Waals surface area contributed by atoms with Crippen LogP contribution >= 0.6 is 0 Å². The molecule has 0 aliphatic carbocycles.